The Morgan fingerprint density at radius 1 is 1.10 bits per heavy atom. The number of amides is 1. The summed E-state index contributed by atoms with van der Waals surface area (Å²) in [5, 5.41) is 11.5. The second-order valence-corrected chi connectivity index (χ2v) is 8.31. The predicted molar refractivity (Wildman–Crippen MR) is 111 cm³/mol. The van der Waals surface area contributed by atoms with Gasteiger partial charge in [0.2, 0.25) is 5.91 Å². The summed E-state index contributed by atoms with van der Waals surface area (Å²) >= 11 is 1.77. The van der Waals surface area contributed by atoms with Crippen molar-refractivity contribution < 1.29 is 13.6 Å². The average molecular weight is 436 g/mol. The van der Waals surface area contributed by atoms with Crippen LogP contribution in [0.15, 0.2) is 58.8 Å². The maximum atomic E-state index is 12.5. The number of hydrogen-bond acceptors (Lipinski definition) is 6. The van der Waals surface area contributed by atoms with E-state index in [0.29, 0.717) is 34.0 Å². The SMILES string of the molecule is CCn1c(SC(C)C(=O)Nc2ccc(SC(F)F)cc2)nnc1-c1ccncc1. The number of rotatable bonds is 8. The first kappa shape index (κ1) is 21.3. The summed E-state index contributed by atoms with van der Waals surface area (Å²) in [5.74, 6) is -1.96. The zero-order valence-corrected chi connectivity index (χ0v) is 17.4. The Hall–Kier alpha value is -2.46. The van der Waals surface area contributed by atoms with Gasteiger partial charge in [-0.05, 0) is 50.2 Å². The summed E-state index contributed by atoms with van der Waals surface area (Å²) in [6.07, 6.45) is 3.38. The van der Waals surface area contributed by atoms with Crippen LogP contribution >= 0.6 is 23.5 Å². The minimum Gasteiger partial charge on any atom is -0.325 e. The number of benzene rings is 1. The van der Waals surface area contributed by atoms with E-state index < -0.39 is 11.0 Å². The molecule has 29 heavy (non-hydrogen) atoms. The standard InChI is InChI=1S/C19H19F2N5OS2/c1-3-26-16(13-8-10-22-11-9-13)24-25-19(26)28-12(2)17(27)23-14-4-6-15(7-5-14)29-18(20)21/h4-12,18H,3H2,1-2H3,(H,23,27). The molecule has 1 amide bonds. The molecule has 1 atom stereocenters. The number of carbonyl (C=O) groups is 1. The Bertz CT molecular complexity index is 951. The molecule has 10 heteroatoms. The van der Waals surface area contributed by atoms with E-state index in [9.17, 15) is 13.6 Å². The van der Waals surface area contributed by atoms with E-state index in [4.69, 9.17) is 0 Å². The fourth-order valence-corrected chi connectivity index (χ4v) is 3.96. The van der Waals surface area contributed by atoms with Crippen LogP contribution in [0.5, 0.6) is 0 Å². The van der Waals surface area contributed by atoms with Gasteiger partial charge in [-0.3, -0.25) is 9.78 Å². The highest BCUT2D eigenvalue weighted by Gasteiger charge is 2.20. The lowest BCUT2D eigenvalue weighted by molar-refractivity contribution is -0.115. The number of hydrogen-bond donors (Lipinski definition) is 1. The molecule has 1 aromatic carbocycles. The fraction of sp³-hybridized carbons (Fsp3) is 0.263. The monoisotopic (exact) mass is 435 g/mol. The smallest absolute Gasteiger partial charge is 0.288 e. The fourth-order valence-electron chi connectivity index (χ4n) is 2.55. The molecule has 0 saturated heterocycles. The van der Waals surface area contributed by atoms with Crippen LogP contribution in [-0.2, 0) is 11.3 Å². The summed E-state index contributed by atoms with van der Waals surface area (Å²) in [6, 6.07) is 10.0. The van der Waals surface area contributed by atoms with E-state index >= 15 is 0 Å². The Labute approximate surface area is 175 Å². The van der Waals surface area contributed by atoms with Gasteiger partial charge in [0.15, 0.2) is 11.0 Å². The number of carbonyl (C=O) groups excluding carboxylic acids is 1. The number of aromatic nitrogens is 4. The average Bonchev–Trinajstić information content (AvgIpc) is 3.12. The molecule has 0 saturated carbocycles. The molecule has 0 aliphatic carbocycles. The van der Waals surface area contributed by atoms with E-state index in [1.807, 2.05) is 23.6 Å². The summed E-state index contributed by atoms with van der Waals surface area (Å²) in [4.78, 5) is 17.0. The zero-order chi connectivity index (χ0) is 20.8. The molecule has 3 aromatic rings. The van der Waals surface area contributed by atoms with E-state index in [1.54, 1.807) is 43.6 Å². The van der Waals surface area contributed by atoms with Gasteiger partial charge in [0, 0.05) is 35.1 Å². The third kappa shape index (κ3) is 5.54. The van der Waals surface area contributed by atoms with Crippen molar-refractivity contribution in [3.8, 4) is 11.4 Å². The predicted octanol–water partition coefficient (Wildman–Crippen LogP) is 4.79. The number of thioether (sulfide) groups is 2. The lowest BCUT2D eigenvalue weighted by Gasteiger charge is -2.13. The van der Waals surface area contributed by atoms with Gasteiger partial charge < -0.3 is 9.88 Å². The minimum atomic E-state index is -2.47. The highest BCUT2D eigenvalue weighted by atomic mass is 32.2. The molecule has 0 aliphatic heterocycles. The summed E-state index contributed by atoms with van der Waals surface area (Å²) < 4.78 is 26.7. The van der Waals surface area contributed by atoms with Gasteiger partial charge in [-0.1, -0.05) is 23.5 Å². The molecular weight excluding hydrogens is 416 g/mol. The van der Waals surface area contributed by atoms with Crippen molar-refractivity contribution in [3.63, 3.8) is 0 Å². The van der Waals surface area contributed by atoms with Gasteiger partial charge in [0.1, 0.15) is 0 Å². The van der Waals surface area contributed by atoms with Crippen molar-refractivity contribution in [2.45, 2.75) is 41.5 Å². The van der Waals surface area contributed by atoms with Gasteiger partial charge in [-0.2, -0.15) is 8.78 Å². The molecule has 152 valence electrons. The molecule has 2 heterocycles. The quantitative estimate of drug-likeness (QED) is 0.513. The van der Waals surface area contributed by atoms with Crippen molar-refractivity contribution in [2.24, 2.45) is 0 Å². The van der Waals surface area contributed by atoms with Crippen LogP contribution in [0.25, 0.3) is 11.4 Å². The first-order valence-electron chi connectivity index (χ1n) is 8.84. The number of alkyl halides is 2. The highest BCUT2D eigenvalue weighted by molar-refractivity contribution is 8.00. The number of pyridine rings is 1. The maximum Gasteiger partial charge on any atom is 0.288 e. The first-order valence-corrected chi connectivity index (χ1v) is 10.6. The van der Waals surface area contributed by atoms with Crippen LogP contribution < -0.4 is 5.32 Å². The van der Waals surface area contributed by atoms with Gasteiger partial charge in [-0.15, -0.1) is 10.2 Å². The molecule has 0 spiro atoms. The second-order valence-electron chi connectivity index (χ2n) is 5.94. The van der Waals surface area contributed by atoms with Gasteiger partial charge >= 0.3 is 0 Å². The van der Waals surface area contributed by atoms with E-state index in [2.05, 4.69) is 20.5 Å². The lowest BCUT2D eigenvalue weighted by atomic mass is 10.2. The minimum absolute atomic E-state index is 0.208. The van der Waals surface area contributed by atoms with Crippen molar-refractivity contribution in [3.05, 3.63) is 48.8 Å². The van der Waals surface area contributed by atoms with Crippen LogP contribution in [0.3, 0.4) is 0 Å². The normalized spacial score (nSPS) is 12.2. The topological polar surface area (TPSA) is 72.7 Å². The summed E-state index contributed by atoms with van der Waals surface area (Å²) in [6.45, 7) is 4.42. The molecule has 0 bridgehead atoms. The Morgan fingerprint density at radius 2 is 1.79 bits per heavy atom. The van der Waals surface area contributed by atoms with Crippen molar-refractivity contribution >= 4 is 35.1 Å². The molecule has 0 radical (unpaired) electrons. The number of nitrogens with one attached hydrogen (secondary N) is 1. The molecule has 2 aromatic heterocycles. The summed E-state index contributed by atoms with van der Waals surface area (Å²) in [5.41, 5.74) is 1.45. The molecule has 3 rings (SSSR count). The van der Waals surface area contributed by atoms with Crippen LogP contribution in [0, 0.1) is 0 Å². The van der Waals surface area contributed by atoms with Gasteiger partial charge in [0.05, 0.1) is 5.25 Å². The van der Waals surface area contributed by atoms with Crippen molar-refractivity contribution in [1.29, 1.82) is 0 Å². The second kappa shape index (κ2) is 9.84. The Balaban J connectivity index is 1.66. The van der Waals surface area contributed by atoms with E-state index in [1.165, 1.54) is 11.8 Å². The molecule has 1 N–H and O–H groups in total. The Morgan fingerprint density at radius 3 is 2.41 bits per heavy atom. The molecule has 0 fully saturated rings. The largest absolute Gasteiger partial charge is 0.325 e. The van der Waals surface area contributed by atoms with Gasteiger partial charge in [0.25, 0.3) is 5.76 Å². The third-order valence-corrected chi connectivity index (χ3v) is 5.77. The third-order valence-electron chi connectivity index (χ3n) is 3.97. The Kier molecular flexibility index (Phi) is 7.21. The number of nitrogens with zero attached hydrogens (tertiary/aromatic N) is 4. The van der Waals surface area contributed by atoms with Crippen LogP contribution in [0.1, 0.15) is 13.8 Å². The number of anilines is 1. The number of halogens is 2. The maximum absolute atomic E-state index is 12.5. The van der Waals surface area contributed by atoms with Crippen molar-refractivity contribution in [1.82, 2.24) is 19.7 Å². The van der Waals surface area contributed by atoms with Crippen LogP contribution in [-0.4, -0.2) is 36.7 Å². The molecule has 6 nitrogen and oxygen atoms in total. The lowest BCUT2D eigenvalue weighted by Crippen LogP contribution is -2.22. The molecular formula is C19H19F2N5OS2. The van der Waals surface area contributed by atoms with Crippen LogP contribution in [0.4, 0.5) is 14.5 Å². The van der Waals surface area contributed by atoms with Gasteiger partial charge in [-0.25, -0.2) is 0 Å². The van der Waals surface area contributed by atoms with E-state index in [0.717, 1.165) is 11.4 Å². The van der Waals surface area contributed by atoms with E-state index in [-0.39, 0.29) is 5.91 Å². The van der Waals surface area contributed by atoms with Crippen molar-refractivity contribution in [2.75, 3.05) is 5.32 Å². The molecule has 1 unspecified atom stereocenters. The summed E-state index contributed by atoms with van der Waals surface area (Å²) in [7, 11) is 0. The molecule has 0 aliphatic rings. The zero-order valence-electron chi connectivity index (χ0n) is 15.8. The van der Waals surface area contributed by atoms with Crippen LogP contribution in [0.2, 0.25) is 0 Å². The first-order chi connectivity index (χ1) is 14.0. The highest BCUT2D eigenvalue weighted by Crippen LogP contribution is 2.28.